The Morgan fingerprint density at radius 3 is 2.50 bits per heavy atom. The highest BCUT2D eigenvalue weighted by atomic mass is 32.2. The lowest BCUT2D eigenvalue weighted by Crippen LogP contribution is -2.16. The van der Waals surface area contributed by atoms with Crippen molar-refractivity contribution in [2.24, 2.45) is 5.92 Å². The molecule has 1 fully saturated rings. The fraction of sp³-hybridized carbons (Fsp3) is 1.00. The van der Waals surface area contributed by atoms with Crippen molar-refractivity contribution in [2.45, 2.75) is 44.3 Å². The molecule has 0 aliphatic heterocycles. The molecule has 1 rings (SSSR count). The summed E-state index contributed by atoms with van der Waals surface area (Å²) in [5.74, 6) is 0.516. The van der Waals surface area contributed by atoms with Crippen molar-refractivity contribution in [3.05, 3.63) is 0 Å². The van der Waals surface area contributed by atoms with Gasteiger partial charge in [0.15, 0.2) is 0 Å². The van der Waals surface area contributed by atoms with E-state index in [1.54, 1.807) is 0 Å². The Labute approximate surface area is 73.9 Å². The maximum atomic E-state index is 10.7. The Balaban J connectivity index is 2.46. The van der Waals surface area contributed by atoms with Gasteiger partial charge in [0, 0.05) is 0 Å². The molecule has 72 valence electrons. The highest BCUT2D eigenvalue weighted by Crippen LogP contribution is 2.32. The van der Waals surface area contributed by atoms with Crippen LogP contribution in [0.25, 0.3) is 0 Å². The molecule has 0 aromatic rings. The summed E-state index contributed by atoms with van der Waals surface area (Å²) >= 11 is 0. The van der Waals surface area contributed by atoms with Gasteiger partial charge in [0.05, 0.1) is 5.25 Å². The average Bonchev–Trinajstić information content (AvgIpc) is 2.35. The summed E-state index contributed by atoms with van der Waals surface area (Å²) in [6.45, 7) is 2.10. The monoisotopic (exact) mass is 192 g/mol. The Kier molecular flexibility index (Phi) is 3.12. The number of rotatable bonds is 3. The third kappa shape index (κ3) is 2.45. The zero-order chi connectivity index (χ0) is 9.19. The molecule has 4 heteroatoms. The SMILES string of the molecule is CCCC1CCC(S(=O)(=O)O)C1. The normalized spacial score (nSPS) is 30.8. The first-order valence-electron chi connectivity index (χ1n) is 4.50. The van der Waals surface area contributed by atoms with Gasteiger partial charge in [-0.15, -0.1) is 0 Å². The second-order valence-corrected chi connectivity index (χ2v) is 5.30. The molecular formula is C8H16O3S. The topological polar surface area (TPSA) is 54.4 Å². The summed E-state index contributed by atoms with van der Waals surface area (Å²) in [6, 6.07) is 0. The standard InChI is InChI=1S/C8H16O3S/c1-2-3-7-4-5-8(6-7)12(9,10)11/h7-8H,2-6H2,1H3,(H,9,10,11). The van der Waals surface area contributed by atoms with Crippen LogP contribution in [0.5, 0.6) is 0 Å². The summed E-state index contributed by atoms with van der Waals surface area (Å²) in [5, 5.41) is -0.478. The van der Waals surface area contributed by atoms with E-state index >= 15 is 0 Å². The fourth-order valence-corrected chi connectivity index (χ4v) is 2.92. The maximum absolute atomic E-state index is 10.7. The minimum absolute atomic E-state index is 0.478. The van der Waals surface area contributed by atoms with Gasteiger partial charge in [-0.25, -0.2) is 0 Å². The molecule has 1 N–H and O–H groups in total. The third-order valence-corrected chi connectivity index (χ3v) is 3.88. The first kappa shape index (κ1) is 9.99. The molecule has 12 heavy (non-hydrogen) atoms. The number of hydrogen-bond donors (Lipinski definition) is 1. The molecule has 0 amide bonds. The summed E-state index contributed by atoms with van der Waals surface area (Å²) in [5.41, 5.74) is 0. The van der Waals surface area contributed by atoms with Crippen molar-refractivity contribution in [1.29, 1.82) is 0 Å². The van der Waals surface area contributed by atoms with Gasteiger partial charge in [-0.2, -0.15) is 8.42 Å². The van der Waals surface area contributed by atoms with Gasteiger partial charge in [0.2, 0.25) is 0 Å². The van der Waals surface area contributed by atoms with Gasteiger partial charge >= 0.3 is 0 Å². The molecule has 0 radical (unpaired) electrons. The molecule has 1 saturated carbocycles. The van der Waals surface area contributed by atoms with Crippen molar-refractivity contribution in [1.82, 2.24) is 0 Å². The Bertz CT molecular complexity index is 233. The predicted octanol–water partition coefficient (Wildman–Crippen LogP) is 1.84. The largest absolute Gasteiger partial charge is 0.285 e. The smallest absolute Gasteiger partial charge is 0.267 e. The van der Waals surface area contributed by atoms with E-state index in [4.69, 9.17) is 4.55 Å². The highest BCUT2D eigenvalue weighted by Gasteiger charge is 2.32. The van der Waals surface area contributed by atoms with Gasteiger partial charge in [-0.1, -0.05) is 19.8 Å². The van der Waals surface area contributed by atoms with Crippen LogP contribution in [-0.2, 0) is 10.1 Å². The quantitative estimate of drug-likeness (QED) is 0.694. The molecular weight excluding hydrogens is 176 g/mol. The third-order valence-electron chi connectivity index (χ3n) is 2.61. The van der Waals surface area contributed by atoms with Crippen molar-refractivity contribution < 1.29 is 13.0 Å². The maximum Gasteiger partial charge on any atom is 0.267 e. The van der Waals surface area contributed by atoms with E-state index < -0.39 is 15.4 Å². The van der Waals surface area contributed by atoms with Gasteiger partial charge in [0.1, 0.15) is 0 Å². The Morgan fingerprint density at radius 2 is 2.08 bits per heavy atom. The van der Waals surface area contributed by atoms with E-state index in [0.29, 0.717) is 18.8 Å². The molecule has 3 nitrogen and oxygen atoms in total. The van der Waals surface area contributed by atoms with Crippen LogP contribution in [0.2, 0.25) is 0 Å². The predicted molar refractivity (Wildman–Crippen MR) is 47.6 cm³/mol. The van der Waals surface area contributed by atoms with Crippen LogP contribution in [0.1, 0.15) is 39.0 Å². The lowest BCUT2D eigenvalue weighted by molar-refractivity contribution is 0.457. The summed E-state index contributed by atoms with van der Waals surface area (Å²) in [6.07, 6.45) is 4.45. The zero-order valence-corrected chi connectivity index (χ0v) is 8.18. The lowest BCUT2D eigenvalue weighted by Gasteiger charge is -2.07. The summed E-state index contributed by atoms with van der Waals surface area (Å²) < 4.78 is 30.3. The fourth-order valence-electron chi connectivity index (χ4n) is 1.97. The molecule has 0 heterocycles. The van der Waals surface area contributed by atoms with E-state index in [2.05, 4.69) is 6.92 Å². The first-order valence-corrected chi connectivity index (χ1v) is 6.00. The molecule has 1 aliphatic rings. The number of hydrogen-bond acceptors (Lipinski definition) is 2. The Hall–Kier alpha value is -0.0900. The molecule has 0 bridgehead atoms. The second kappa shape index (κ2) is 3.75. The van der Waals surface area contributed by atoms with E-state index in [0.717, 1.165) is 19.3 Å². The molecule has 2 unspecified atom stereocenters. The second-order valence-electron chi connectivity index (χ2n) is 3.60. The lowest BCUT2D eigenvalue weighted by atomic mass is 10.0. The minimum Gasteiger partial charge on any atom is -0.285 e. The Morgan fingerprint density at radius 1 is 1.42 bits per heavy atom. The van der Waals surface area contributed by atoms with Gasteiger partial charge < -0.3 is 0 Å². The average molecular weight is 192 g/mol. The molecule has 0 saturated heterocycles. The summed E-state index contributed by atoms with van der Waals surface area (Å²) in [7, 11) is -3.75. The van der Waals surface area contributed by atoms with Crippen molar-refractivity contribution >= 4 is 10.1 Å². The van der Waals surface area contributed by atoms with Crippen molar-refractivity contribution in [3.8, 4) is 0 Å². The van der Waals surface area contributed by atoms with Gasteiger partial charge in [0.25, 0.3) is 10.1 Å². The van der Waals surface area contributed by atoms with Gasteiger partial charge in [-0.05, 0) is 25.2 Å². The van der Waals surface area contributed by atoms with Crippen LogP contribution in [0.4, 0.5) is 0 Å². The van der Waals surface area contributed by atoms with Crippen LogP contribution in [-0.4, -0.2) is 18.2 Å². The van der Waals surface area contributed by atoms with Crippen LogP contribution in [0, 0.1) is 5.92 Å². The zero-order valence-electron chi connectivity index (χ0n) is 7.36. The van der Waals surface area contributed by atoms with E-state index in [-0.39, 0.29) is 0 Å². The summed E-state index contributed by atoms with van der Waals surface area (Å²) in [4.78, 5) is 0. The molecule has 0 spiro atoms. The van der Waals surface area contributed by atoms with Crippen molar-refractivity contribution in [3.63, 3.8) is 0 Å². The minimum atomic E-state index is -3.75. The van der Waals surface area contributed by atoms with Crippen LogP contribution >= 0.6 is 0 Å². The molecule has 0 aromatic heterocycles. The van der Waals surface area contributed by atoms with Crippen LogP contribution in [0.3, 0.4) is 0 Å². The van der Waals surface area contributed by atoms with E-state index in [1.165, 1.54) is 0 Å². The van der Waals surface area contributed by atoms with Gasteiger partial charge in [-0.3, -0.25) is 4.55 Å². The molecule has 0 aromatic carbocycles. The van der Waals surface area contributed by atoms with E-state index in [9.17, 15) is 8.42 Å². The highest BCUT2D eigenvalue weighted by molar-refractivity contribution is 7.86. The van der Waals surface area contributed by atoms with Crippen LogP contribution < -0.4 is 0 Å². The first-order chi connectivity index (χ1) is 5.54. The van der Waals surface area contributed by atoms with Crippen molar-refractivity contribution in [2.75, 3.05) is 0 Å². The van der Waals surface area contributed by atoms with E-state index in [1.807, 2.05) is 0 Å². The molecule has 2 atom stereocenters. The molecule has 1 aliphatic carbocycles. The van der Waals surface area contributed by atoms with Crippen LogP contribution in [0.15, 0.2) is 0 Å².